The van der Waals surface area contributed by atoms with Gasteiger partial charge in [0.15, 0.2) is 14.9 Å². The highest BCUT2D eigenvalue weighted by molar-refractivity contribution is 8.06. The van der Waals surface area contributed by atoms with Crippen molar-refractivity contribution in [2.45, 2.75) is 6.04 Å². The zero-order chi connectivity index (χ0) is 13.0. The third-order valence-corrected chi connectivity index (χ3v) is 4.92. The van der Waals surface area contributed by atoms with E-state index in [4.69, 9.17) is 5.11 Å². The minimum Gasteiger partial charge on any atom is -0.480 e. The van der Waals surface area contributed by atoms with Crippen LogP contribution in [0.2, 0.25) is 0 Å². The number of hydrogen-bond acceptors (Lipinski definition) is 6. The van der Waals surface area contributed by atoms with Crippen LogP contribution in [-0.4, -0.2) is 59.0 Å². The fraction of sp³-hybridized carbons (Fsp3) is 0.833. The summed E-state index contributed by atoms with van der Waals surface area (Å²) in [7, 11) is -6.76. The quantitative estimate of drug-likeness (QED) is 0.550. The van der Waals surface area contributed by atoms with Crippen molar-refractivity contribution in [3.63, 3.8) is 0 Å². The molecule has 10 heteroatoms. The molecule has 0 bridgehead atoms. The molecule has 2 N–H and O–H groups in total. The van der Waals surface area contributed by atoms with Gasteiger partial charge in [-0.1, -0.05) is 0 Å². The zero-order valence-electron chi connectivity index (χ0n) is 8.70. The Balaban J connectivity index is 4.74. The van der Waals surface area contributed by atoms with E-state index in [1.165, 1.54) is 7.11 Å². The van der Waals surface area contributed by atoms with E-state index in [1.54, 1.807) is 4.72 Å². The fourth-order valence-electron chi connectivity index (χ4n) is 0.855. The fourth-order valence-corrected chi connectivity index (χ4v) is 3.98. The molecule has 16 heavy (non-hydrogen) atoms. The third kappa shape index (κ3) is 6.71. The molecule has 0 spiro atoms. The van der Waals surface area contributed by atoms with Gasteiger partial charge in [0.1, 0.15) is 6.04 Å². The molecule has 1 atom stereocenters. The SMILES string of the molecule is COCC(NS(=O)(=O)CS(C)(=O)=O)C(=O)O. The summed E-state index contributed by atoms with van der Waals surface area (Å²) in [6, 6.07) is -1.50. The van der Waals surface area contributed by atoms with Gasteiger partial charge >= 0.3 is 5.97 Å². The number of sulfone groups is 1. The second kappa shape index (κ2) is 5.57. The number of sulfonamides is 1. The number of carbonyl (C=O) groups is 1. The van der Waals surface area contributed by atoms with E-state index in [9.17, 15) is 21.6 Å². The van der Waals surface area contributed by atoms with E-state index in [0.717, 1.165) is 6.26 Å². The Labute approximate surface area is 93.6 Å². The summed E-state index contributed by atoms with van der Waals surface area (Å²) in [4.78, 5) is 10.6. The number of rotatable bonds is 7. The summed E-state index contributed by atoms with van der Waals surface area (Å²) in [6.45, 7) is -0.391. The summed E-state index contributed by atoms with van der Waals surface area (Å²) in [5, 5.41) is 7.45. The molecule has 0 heterocycles. The maximum Gasteiger partial charge on any atom is 0.324 e. The molecule has 8 nitrogen and oxygen atoms in total. The van der Waals surface area contributed by atoms with Gasteiger partial charge in [0.05, 0.1) is 6.61 Å². The molecule has 0 aliphatic rings. The van der Waals surface area contributed by atoms with Crippen LogP contribution < -0.4 is 4.72 Å². The monoisotopic (exact) mass is 275 g/mol. The summed E-state index contributed by atoms with van der Waals surface area (Å²) < 4.78 is 50.2. The van der Waals surface area contributed by atoms with Gasteiger partial charge in [-0.2, -0.15) is 4.72 Å². The molecule has 0 fully saturated rings. The molecule has 0 amide bonds. The summed E-state index contributed by atoms with van der Waals surface area (Å²) in [5.41, 5.74) is 0. The van der Waals surface area contributed by atoms with Crippen LogP contribution in [0.4, 0.5) is 0 Å². The minimum atomic E-state index is -4.20. The lowest BCUT2D eigenvalue weighted by Crippen LogP contribution is -2.45. The van der Waals surface area contributed by atoms with Crippen LogP contribution in [0.15, 0.2) is 0 Å². The molecule has 0 radical (unpaired) electrons. The second-order valence-electron chi connectivity index (χ2n) is 3.12. The number of methoxy groups -OCH3 is 1. The standard InChI is InChI=1S/C6H13NO7S2/c1-14-3-5(6(8)9)7-16(12,13)4-15(2,10)11/h5,7H,3-4H2,1-2H3,(H,8,9). The van der Waals surface area contributed by atoms with Crippen molar-refractivity contribution < 1.29 is 31.5 Å². The highest BCUT2D eigenvalue weighted by Gasteiger charge is 2.26. The Morgan fingerprint density at radius 1 is 1.38 bits per heavy atom. The minimum absolute atomic E-state index is 0.391. The van der Waals surface area contributed by atoms with Gasteiger partial charge in [-0.15, -0.1) is 0 Å². The highest BCUT2D eigenvalue weighted by atomic mass is 32.3. The van der Waals surface area contributed by atoms with Crippen molar-refractivity contribution >= 4 is 25.8 Å². The van der Waals surface area contributed by atoms with Crippen molar-refractivity contribution in [1.82, 2.24) is 4.72 Å². The Kier molecular flexibility index (Phi) is 5.32. The largest absolute Gasteiger partial charge is 0.480 e. The first kappa shape index (κ1) is 15.3. The van der Waals surface area contributed by atoms with Crippen LogP contribution in [0.25, 0.3) is 0 Å². The van der Waals surface area contributed by atoms with Gasteiger partial charge in [-0.3, -0.25) is 4.79 Å². The van der Waals surface area contributed by atoms with Gasteiger partial charge in [0.25, 0.3) is 0 Å². The van der Waals surface area contributed by atoms with Crippen LogP contribution in [0.3, 0.4) is 0 Å². The molecule has 0 aromatic carbocycles. The van der Waals surface area contributed by atoms with Gasteiger partial charge in [0, 0.05) is 13.4 Å². The van der Waals surface area contributed by atoms with Crippen molar-refractivity contribution in [2.24, 2.45) is 0 Å². The maximum atomic E-state index is 11.2. The van der Waals surface area contributed by atoms with Crippen LogP contribution in [0, 0.1) is 0 Å². The lowest BCUT2D eigenvalue weighted by molar-refractivity contribution is -0.140. The molecule has 1 unspecified atom stereocenters. The van der Waals surface area contributed by atoms with E-state index < -0.39 is 43.6 Å². The number of nitrogens with one attached hydrogen (secondary N) is 1. The number of carboxylic acids is 1. The third-order valence-electron chi connectivity index (χ3n) is 1.32. The smallest absolute Gasteiger partial charge is 0.324 e. The maximum absolute atomic E-state index is 11.2. The van der Waals surface area contributed by atoms with Crippen molar-refractivity contribution in [3.05, 3.63) is 0 Å². The number of aliphatic carboxylic acids is 1. The number of hydrogen-bond donors (Lipinski definition) is 2. The Hall–Kier alpha value is -0.710. The molecule has 0 aliphatic carbocycles. The van der Waals surface area contributed by atoms with Crippen molar-refractivity contribution in [1.29, 1.82) is 0 Å². The lowest BCUT2D eigenvalue weighted by Gasteiger charge is -2.12. The van der Waals surface area contributed by atoms with Crippen LogP contribution in [-0.2, 0) is 29.4 Å². The lowest BCUT2D eigenvalue weighted by atomic mass is 10.3. The van der Waals surface area contributed by atoms with Crippen molar-refractivity contribution in [2.75, 3.05) is 25.1 Å². The highest BCUT2D eigenvalue weighted by Crippen LogP contribution is 1.96. The van der Waals surface area contributed by atoms with E-state index in [2.05, 4.69) is 4.74 Å². The summed E-state index contributed by atoms with van der Waals surface area (Å²) in [5.74, 6) is -1.45. The van der Waals surface area contributed by atoms with Gasteiger partial charge in [-0.05, 0) is 0 Å². The Morgan fingerprint density at radius 3 is 2.19 bits per heavy atom. The molecule has 96 valence electrons. The van der Waals surface area contributed by atoms with Crippen LogP contribution in [0.1, 0.15) is 0 Å². The zero-order valence-corrected chi connectivity index (χ0v) is 10.3. The molecule has 0 aliphatic heterocycles. The first-order valence-electron chi connectivity index (χ1n) is 3.97. The topological polar surface area (TPSA) is 127 Å². The van der Waals surface area contributed by atoms with E-state index >= 15 is 0 Å². The molecular weight excluding hydrogens is 262 g/mol. The Bertz CT molecular complexity index is 437. The van der Waals surface area contributed by atoms with Gasteiger partial charge in [-0.25, -0.2) is 16.8 Å². The van der Waals surface area contributed by atoms with Crippen LogP contribution in [0.5, 0.6) is 0 Å². The normalized spacial score (nSPS) is 14.6. The predicted molar refractivity (Wildman–Crippen MR) is 55.1 cm³/mol. The van der Waals surface area contributed by atoms with E-state index in [1.807, 2.05) is 0 Å². The molecule has 0 aromatic heterocycles. The van der Waals surface area contributed by atoms with E-state index in [-0.39, 0.29) is 0 Å². The average Bonchev–Trinajstić information content (AvgIpc) is 1.97. The molecule has 0 rings (SSSR count). The molecular formula is C6H13NO7S2. The number of carboxylic acid groups (broad SMARTS) is 1. The Morgan fingerprint density at radius 2 is 1.88 bits per heavy atom. The van der Waals surface area contributed by atoms with Crippen LogP contribution >= 0.6 is 0 Å². The molecule has 0 saturated carbocycles. The first-order valence-corrected chi connectivity index (χ1v) is 7.68. The van der Waals surface area contributed by atoms with Crippen molar-refractivity contribution in [3.8, 4) is 0 Å². The molecule has 0 aromatic rings. The predicted octanol–water partition coefficient (Wildman–Crippen LogP) is -1.99. The summed E-state index contributed by atoms with van der Waals surface area (Å²) in [6.07, 6.45) is 0.734. The van der Waals surface area contributed by atoms with Gasteiger partial charge < -0.3 is 9.84 Å². The second-order valence-corrected chi connectivity index (χ2v) is 7.38. The van der Waals surface area contributed by atoms with Gasteiger partial charge in [0.2, 0.25) is 10.0 Å². The van der Waals surface area contributed by atoms with E-state index in [0.29, 0.717) is 0 Å². The average molecular weight is 275 g/mol. The first-order chi connectivity index (χ1) is 7.07. The molecule has 0 saturated heterocycles. The number of ether oxygens (including phenoxy) is 1. The summed E-state index contributed by atoms with van der Waals surface area (Å²) >= 11 is 0.